The average molecular weight is 785 g/mol. The second-order valence-corrected chi connectivity index (χ2v) is 22.4. The molecular formula is C52H40N2S2Si. The van der Waals surface area contributed by atoms with E-state index in [2.05, 4.69) is 209 Å². The molecule has 0 amide bonds. The van der Waals surface area contributed by atoms with Gasteiger partial charge in [-0.05, 0) is 78.3 Å². The monoisotopic (exact) mass is 784 g/mol. The van der Waals surface area contributed by atoms with Gasteiger partial charge in [0.1, 0.15) is 10.0 Å². The SMILES string of the molecule is CC(C)(C)[Si]1(c2ccccc2)C(c2ccc(-c3nc4ccccc4s3)cc2)=C(c2ccccc2)C(c2ccccc2)=C1c1ccc(-c2nc3ccccc3s2)cc1. The van der Waals surface area contributed by atoms with Gasteiger partial charge in [0.15, 0.2) is 8.07 Å². The summed E-state index contributed by atoms with van der Waals surface area (Å²) in [5, 5.41) is 6.26. The smallest absolute Gasteiger partial charge is 0.156 e. The first kappa shape index (κ1) is 35.4. The Labute approximate surface area is 343 Å². The Morgan fingerprint density at radius 2 is 0.719 bits per heavy atom. The third kappa shape index (κ3) is 5.97. The average Bonchev–Trinajstić information content (AvgIpc) is 3.98. The van der Waals surface area contributed by atoms with E-state index in [0.717, 1.165) is 32.2 Å². The van der Waals surface area contributed by atoms with E-state index in [-0.39, 0.29) is 5.04 Å². The van der Waals surface area contributed by atoms with Crippen molar-refractivity contribution in [1.29, 1.82) is 0 Å². The second kappa shape index (κ2) is 14.2. The van der Waals surface area contributed by atoms with Gasteiger partial charge in [-0.15, -0.1) is 22.7 Å². The van der Waals surface area contributed by atoms with Crippen LogP contribution in [0.5, 0.6) is 0 Å². The molecule has 2 aromatic heterocycles. The molecule has 0 radical (unpaired) electrons. The van der Waals surface area contributed by atoms with Crippen LogP contribution in [0.1, 0.15) is 43.0 Å². The van der Waals surface area contributed by atoms with Crippen LogP contribution in [-0.2, 0) is 0 Å². The molecule has 0 fully saturated rings. The van der Waals surface area contributed by atoms with Crippen molar-refractivity contribution in [2.45, 2.75) is 25.8 Å². The molecule has 0 spiro atoms. The van der Waals surface area contributed by atoms with Gasteiger partial charge in [0, 0.05) is 11.1 Å². The van der Waals surface area contributed by atoms with Gasteiger partial charge in [-0.1, -0.05) is 185 Å². The largest absolute Gasteiger partial charge is 0.236 e. The van der Waals surface area contributed by atoms with E-state index in [9.17, 15) is 0 Å². The van der Waals surface area contributed by atoms with Crippen LogP contribution in [-0.4, -0.2) is 18.0 Å². The molecule has 10 rings (SSSR count). The molecular weight excluding hydrogens is 745 g/mol. The minimum atomic E-state index is -2.96. The molecule has 0 unspecified atom stereocenters. The van der Waals surface area contributed by atoms with E-state index in [4.69, 9.17) is 9.97 Å². The van der Waals surface area contributed by atoms with Crippen LogP contribution in [0.25, 0.3) is 63.1 Å². The summed E-state index contributed by atoms with van der Waals surface area (Å²) in [5.41, 5.74) is 12.0. The summed E-state index contributed by atoms with van der Waals surface area (Å²) in [5.74, 6) is 0. The molecule has 0 bridgehead atoms. The number of allylic oxidation sites excluding steroid dienone is 2. The Kier molecular flexibility index (Phi) is 8.82. The Morgan fingerprint density at radius 1 is 0.368 bits per heavy atom. The Morgan fingerprint density at radius 3 is 1.11 bits per heavy atom. The van der Waals surface area contributed by atoms with Gasteiger partial charge < -0.3 is 0 Å². The van der Waals surface area contributed by atoms with Crippen molar-refractivity contribution in [1.82, 2.24) is 9.97 Å². The fourth-order valence-corrected chi connectivity index (χ4v) is 17.3. The second-order valence-electron chi connectivity index (χ2n) is 15.7. The van der Waals surface area contributed by atoms with Crippen LogP contribution in [0.4, 0.5) is 0 Å². The standard InChI is InChI=1S/C52H40N2S2Si/c1-52(2,3)57(41-21-11-6-12-22-41)48(37-27-31-39(32-28-37)50-53-42-23-13-15-25-44(42)55-50)46(35-17-7-4-8-18-35)47(36-19-9-5-10-20-36)49(57)38-29-33-40(34-30-38)51-54-43-24-14-16-26-45(43)56-51/h4-34H,1-3H3. The summed E-state index contributed by atoms with van der Waals surface area (Å²) in [4.78, 5) is 10.1. The number of hydrogen-bond donors (Lipinski definition) is 0. The van der Waals surface area contributed by atoms with Crippen molar-refractivity contribution in [2.75, 3.05) is 0 Å². The molecule has 3 heterocycles. The molecule has 2 nitrogen and oxygen atoms in total. The van der Waals surface area contributed by atoms with Crippen LogP contribution in [0.2, 0.25) is 5.04 Å². The summed E-state index contributed by atoms with van der Waals surface area (Å²) in [6.07, 6.45) is 0. The minimum absolute atomic E-state index is 0.146. The minimum Gasteiger partial charge on any atom is -0.236 e. The Bertz CT molecular complexity index is 2710. The highest BCUT2D eigenvalue weighted by atomic mass is 32.1. The summed E-state index contributed by atoms with van der Waals surface area (Å²) >= 11 is 3.51. The zero-order valence-electron chi connectivity index (χ0n) is 32.1. The summed E-state index contributed by atoms with van der Waals surface area (Å²) in [6, 6.07) is 69.2. The molecule has 0 aliphatic carbocycles. The van der Waals surface area contributed by atoms with Gasteiger partial charge in [0.2, 0.25) is 0 Å². The molecule has 7 aromatic carbocycles. The number of para-hydroxylation sites is 2. The van der Waals surface area contributed by atoms with Crippen LogP contribution < -0.4 is 5.19 Å². The van der Waals surface area contributed by atoms with Crippen molar-refractivity contribution in [3.63, 3.8) is 0 Å². The zero-order chi connectivity index (χ0) is 38.6. The maximum absolute atomic E-state index is 5.04. The van der Waals surface area contributed by atoms with Crippen LogP contribution in [0.15, 0.2) is 188 Å². The van der Waals surface area contributed by atoms with Crippen LogP contribution in [0.3, 0.4) is 0 Å². The number of benzene rings is 7. The fraction of sp³-hybridized carbons (Fsp3) is 0.0769. The highest BCUT2D eigenvalue weighted by Crippen LogP contribution is 2.62. The third-order valence-electron chi connectivity index (χ3n) is 11.4. The maximum Gasteiger partial charge on any atom is 0.156 e. The summed E-state index contributed by atoms with van der Waals surface area (Å²) in [7, 11) is -2.96. The molecule has 0 atom stereocenters. The molecule has 1 aliphatic rings. The first-order valence-electron chi connectivity index (χ1n) is 19.5. The Hall–Kier alpha value is -5.98. The normalized spacial score (nSPS) is 14.2. The lowest BCUT2D eigenvalue weighted by atomic mass is 9.89. The number of rotatable bonds is 7. The molecule has 1 aliphatic heterocycles. The molecule has 274 valence electrons. The lowest BCUT2D eigenvalue weighted by molar-refractivity contribution is 0.741. The number of aromatic nitrogens is 2. The molecule has 0 N–H and O–H groups in total. The molecule has 9 aromatic rings. The van der Waals surface area contributed by atoms with Crippen molar-refractivity contribution in [3.05, 3.63) is 210 Å². The Balaban J connectivity index is 1.27. The zero-order valence-corrected chi connectivity index (χ0v) is 34.7. The van der Waals surface area contributed by atoms with Crippen molar-refractivity contribution < 1.29 is 0 Å². The maximum atomic E-state index is 5.04. The molecule has 0 saturated carbocycles. The van der Waals surface area contributed by atoms with Gasteiger partial charge >= 0.3 is 0 Å². The molecule has 57 heavy (non-hydrogen) atoms. The van der Waals surface area contributed by atoms with E-state index < -0.39 is 8.07 Å². The van der Waals surface area contributed by atoms with Crippen LogP contribution in [0, 0.1) is 0 Å². The highest BCUT2D eigenvalue weighted by Gasteiger charge is 2.58. The van der Waals surface area contributed by atoms with E-state index in [1.807, 2.05) is 0 Å². The topological polar surface area (TPSA) is 25.8 Å². The van der Waals surface area contributed by atoms with E-state index in [1.165, 1.54) is 58.4 Å². The lowest BCUT2D eigenvalue weighted by Crippen LogP contribution is -2.56. The predicted octanol–water partition coefficient (Wildman–Crippen LogP) is 14.0. The van der Waals surface area contributed by atoms with Crippen LogP contribution >= 0.6 is 22.7 Å². The number of thiazole rings is 2. The first-order chi connectivity index (χ1) is 27.9. The lowest BCUT2D eigenvalue weighted by Gasteiger charge is -2.45. The number of hydrogen-bond acceptors (Lipinski definition) is 4. The highest BCUT2D eigenvalue weighted by molar-refractivity contribution is 7.24. The van der Waals surface area contributed by atoms with Crippen molar-refractivity contribution in [3.8, 4) is 21.1 Å². The van der Waals surface area contributed by atoms with E-state index in [0.29, 0.717) is 0 Å². The molecule has 0 saturated heterocycles. The van der Waals surface area contributed by atoms with Gasteiger partial charge in [0.05, 0.1) is 20.4 Å². The van der Waals surface area contributed by atoms with Gasteiger partial charge in [-0.3, -0.25) is 0 Å². The van der Waals surface area contributed by atoms with E-state index >= 15 is 0 Å². The quantitative estimate of drug-likeness (QED) is 0.150. The van der Waals surface area contributed by atoms with Gasteiger partial charge in [-0.2, -0.15) is 0 Å². The van der Waals surface area contributed by atoms with E-state index in [1.54, 1.807) is 22.7 Å². The first-order valence-corrected chi connectivity index (χ1v) is 23.1. The van der Waals surface area contributed by atoms with Gasteiger partial charge in [0.25, 0.3) is 0 Å². The van der Waals surface area contributed by atoms with Crippen molar-refractivity contribution >= 4 is 77.9 Å². The number of nitrogens with zero attached hydrogens (tertiary/aromatic N) is 2. The third-order valence-corrected chi connectivity index (χ3v) is 19.6. The molecule has 5 heteroatoms. The summed E-state index contributed by atoms with van der Waals surface area (Å²) in [6.45, 7) is 7.44. The summed E-state index contributed by atoms with van der Waals surface area (Å²) < 4.78 is 2.42. The van der Waals surface area contributed by atoms with Crippen molar-refractivity contribution in [2.24, 2.45) is 0 Å². The number of fused-ring (bicyclic) bond motifs is 2. The fourth-order valence-electron chi connectivity index (χ4n) is 8.97. The van der Waals surface area contributed by atoms with Gasteiger partial charge in [-0.25, -0.2) is 9.97 Å². The predicted molar refractivity (Wildman–Crippen MR) is 248 cm³/mol.